The fourth-order valence-corrected chi connectivity index (χ4v) is 3.27. The molecule has 3 rings (SSSR count). The average molecular weight is 360 g/mol. The topological polar surface area (TPSA) is 64.1 Å². The summed E-state index contributed by atoms with van der Waals surface area (Å²) in [4.78, 5) is 0. The largest absolute Gasteiger partial charge is 0.330 e. The Bertz CT molecular complexity index is 758. The molecule has 0 aliphatic carbocycles. The molecule has 0 bridgehead atoms. The van der Waals surface area contributed by atoms with Crippen molar-refractivity contribution < 1.29 is 0 Å². The summed E-state index contributed by atoms with van der Waals surface area (Å²) in [7, 11) is 0. The Kier molecular flexibility index (Phi) is 7.17. The number of nitrogens with two attached hydrogens (primary N) is 2. The van der Waals surface area contributed by atoms with Crippen LogP contribution in [0.5, 0.6) is 0 Å². The van der Waals surface area contributed by atoms with E-state index in [0.717, 1.165) is 25.9 Å². The minimum Gasteiger partial charge on any atom is -0.330 e. The van der Waals surface area contributed by atoms with Gasteiger partial charge in [0.2, 0.25) is 0 Å². The highest BCUT2D eigenvalue weighted by atomic mass is 14.9. The maximum absolute atomic E-state index is 6.15. The molecule has 0 amide bonds. The highest BCUT2D eigenvalue weighted by Gasteiger charge is 2.07. The molecule has 0 radical (unpaired) electrons. The molecule has 3 aromatic carbocycles. The van der Waals surface area contributed by atoms with Crippen LogP contribution in [0.15, 0.2) is 78.9 Å². The second-order valence-corrected chi connectivity index (χ2v) is 6.97. The molecule has 0 heterocycles. The van der Waals surface area contributed by atoms with Crippen molar-refractivity contribution in [1.29, 1.82) is 0 Å². The number of hydrogen-bond donors (Lipinski definition) is 3. The lowest BCUT2D eigenvalue weighted by atomic mass is 9.96. The van der Waals surface area contributed by atoms with Crippen molar-refractivity contribution in [1.82, 2.24) is 5.32 Å². The van der Waals surface area contributed by atoms with E-state index >= 15 is 0 Å². The Morgan fingerprint density at radius 1 is 0.741 bits per heavy atom. The molecule has 0 unspecified atom stereocenters. The van der Waals surface area contributed by atoms with Gasteiger partial charge in [0.05, 0.1) is 0 Å². The SMILES string of the molecule is NCCC[C@H](N)CNCc1cc(-c2ccccc2)cc(-c2ccccc2)c1. The lowest BCUT2D eigenvalue weighted by molar-refractivity contribution is 0.531. The molecule has 5 N–H and O–H groups in total. The van der Waals surface area contributed by atoms with Crippen LogP contribution < -0.4 is 16.8 Å². The number of benzene rings is 3. The van der Waals surface area contributed by atoms with Gasteiger partial charge in [-0.15, -0.1) is 0 Å². The monoisotopic (exact) mass is 359 g/mol. The minimum atomic E-state index is 0.152. The highest BCUT2D eigenvalue weighted by Crippen LogP contribution is 2.28. The van der Waals surface area contributed by atoms with Gasteiger partial charge in [-0.2, -0.15) is 0 Å². The van der Waals surface area contributed by atoms with Gasteiger partial charge in [0, 0.05) is 19.1 Å². The highest BCUT2D eigenvalue weighted by molar-refractivity contribution is 5.74. The molecule has 0 saturated carbocycles. The Morgan fingerprint density at radius 3 is 1.81 bits per heavy atom. The molecule has 1 atom stereocenters. The Hall–Kier alpha value is -2.46. The molecule has 27 heavy (non-hydrogen) atoms. The smallest absolute Gasteiger partial charge is 0.0206 e. The fraction of sp³-hybridized carbons (Fsp3) is 0.250. The van der Waals surface area contributed by atoms with Crippen molar-refractivity contribution in [2.75, 3.05) is 13.1 Å². The standard InChI is InChI=1S/C24H29N3/c25-13-7-12-24(26)18-27-17-19-14-22(20-8-3-1-4-9-20)16-23(15-19)21-10-5-2-6-11-21/h1-6,8-11,14-16,24,27H,7,12-13,17-18,25-26H2/t24-/m0/s1. The zero-order valence-electron chi connectivity index (χ0n) is 15.8. The summed E-state index contributed by atoms with van der Waals surface area (Å²) in [5, 5.41) is 3.50. The van der Waals surface area contributed by atoms with Crippen molar-refractivity contribution in [3.05, 3.63) is 84.4 Å². The van der Waals surface area contributed by atoms with Crippen molar-refractivity contribution in [2.45, 2.75) is 25.4 Å². The van der Waals surface area contributed by atoms with Crippen LogP contribution >= 0.6 is 0 Å². The van der Waals surface area contributed by atoms with Crippen LogP contribution in [0, 0.1) is 0 Å². The third-order valence-corrected chi connectivity index (χ3v) is 4.72. The summed E-state index contributed by atoms with van der Waals surface area (Å²) in [5.41, 5.74) is 17.9. The zero-order valence-corrected chi connectivity index (χ0v) is 15.8. The summed E-state index contributed by atoms with van der Waals surface area (Å²) < 4.78 is 0. The van der Waals surface area contributed by atoms with Gasteiger partial charge >= 0.3 is 0 Å². The summed E-state index contributed by atoms with van der Waals surface area (Å²) in [6, 6.07) is 28.0. The predicted octanol–water partition coefficient (Wildman–Crippen LogP) is 4.18. The first kappa shape index (κ1) is 19.3. The van der Waals surface area contributed by atoms with Crippen LogP contribution in [-0.4, -0.2) is 19.1 Å². The molecule has 0 saturated heterocycles. The lowest BCUT2D eigenvalue weighted by Crippen LogP contribution is -2.33. The van der Waals surface area contributed by atoms with Crippen molar-refractivity contribution in [3.8, 4) is 22.3 Å². The third kappa shape index (κ3) is 5.76. The van der Waals surface area contributed by atoms with Crippen LogP contribution in [-0.2, 0) is 6.54 Å². The van der Waals surface area contributed by atoms with Crippen molar-refractivity contribution in [2.24, 2.45) is 11.5 Å². The normalized spacial score (nSPS) is 12.1. The van der Waals surface area contributed by atoms with Crippen LogP contribution in [0.25, 0.3) is 22.3 Å². The Balaban J connectivity index is 1.80. The Labute approximate surface area is 162 Å². The first-order valence-electron chi connectivity index (χ1n) is 9.67. The first-order chi connectivity index (χ1) is 13.3. The van der Waals surface area contributed by atoms with Crippen molar-refractivity contribution >= 4 is 0 Å². The van der Waals surface area contributed by atoms with E-state index in [1.165, 1.54) is 27.8 Å². The molecule has 0 aliphatic heterocycles. The van der Waals surface area contributed by atoms with Gasteiger partial charge in [-0.1, -0.05) is 60.7 Å². The quantitative estimate of drug-likeness (QED) is 0.537. The molecular weight excluding hydrogens is 330 g/mol. The van der Waals surface area contributed by atoms with Gasteiger partial charge in [-0.25, -0.2) is 0 Å². The number of rotatable bonds is 9. The van der Waals surface area contributed by atoms with E-state index < -0.39 is 0 Å². The number of hydrogen-bond acceptors (Lipinski definition) is 3. The molecule has 3 nitrogen and oxygen atoms in total. The van der Waals surface area contributed by atoms with Gasteiger partial charge < -0.3 is 16.8 Å². The number of nitrogens with one attached hydrogen (secondary N) is 1. The van der Waals surface area contributed by atoms with E-state index in [1.54, 1.807) is 0 Å². The van der Waals surface area contributed by atoms with E-state index in [-0.39, 0.29) is 6.04 Å². The molecule has 3 aromatic rings. The average Bonchev–Trinajstić information content (AvgIpc) is 2.73. The van der Waals surface area contributed by atoms with Gasteiger partial charge in [-0.3, -0.25) is 0 Å². The molecule has 0 aliphatic rings. The van der Waals surface area contributed by atoms with Gasteiger partial charge in [0.25, 0.3) is 0 Å². The van der Waals surface area contributed by atoms with Gasteiger partial charge in [0.15, 0.2) is 0 Å². The second-order valence-electron chi connectivity index (χ2n) is 6.97. The van der Waals surface area contributed by atoms with Crippen LogP contribution in [0.2, 0.25) is 0 Å². The summed E-state index contributed by atoms with van der Waals surface area (Å²) in [5.74, 6) is 0. The molecule has 0 spiro atoms. The molecule has 140 valence electrons. The lowest BCUT2D eigenvalue weighted by Gasteiger charge is -2.14. The van der Waals surface area contributed by atoms with E-state index in [1.807, 2.05) is 0 Å². The maximum Gasteiger partial charge on any atom is 0.0206 e. The van der Waals surface area contributed by atoms with Gasteiger partial charge in [0.1, 0.15) is 0 Å². The molecule has 0 aromatic heterocycles. The van der Waals surface area contributed by atoms with Gasteiger partial charge in [-0.05, 0) is 65.4 Å². The molecular formula is C24H29N3. The first-order valence-corrected chi connectivity index (χ1v) is 9.67. The summed E-state index contributed by atoms with van der Waals surface area (Å²) in [6.45, 7) is 2.31. The summed E-state index contributed by atoms with van der Waals surface area (Å²) in [6.07, 6.45) is 1.94. The fourth-order valence-electron chi connectivity index (χ4n) is 3.27. The minimum absolute atomic E-state index is 0.152. The maximum atomic E-state index is 6.15. The Morgan fingerprint density at radius 2 is 1.30 bits per heavy atom. The van der Waals surface area contributed by atoms with Crippen LogP contribution in [0.3, 0.4) is 0 Å². The van der Waals surface area contributed by atoms with Crippen LogP contribution in [0.1, 0.15) is 18.4 Å². The predicted molar refractivity (Wildman–Crippen MR) is 115 cm³/mol. The third-order valence-electron chi connectivity index (χ3n) is 4.72. The van der Waals surface area contributed by atoms with Crippen LogP contribution in [0.4, 0.5) is 0 Å². The van der Waals surface area contributed by atoms with E-state index in [2.05, 4.69) is 84.2 Å². The second kappa shape index (κ2) is 10.0. The molecule has 3 heteroatoms. The van der Waals surface area contributed by atoms with E-state index in [9.17, 15) is 0 Å². The summed E-state index contributed by atoms with van der Waals surface area (Å²) >= 11 is 0. The van der Waals surface area contributed by atoms with E-state index in [0.29, 0.717) is 6.54 Å². The zero-order chi connectivity index (χ0) is 18.9. The molecule has 0 fully saturated rings. The van der Waals surface area contributed by atoms with Crippen molar-refractivity contribution in [3.63, 3.8) is 0 Å². The van der Waals surface area contributed by atoms with E-state index in [4.69, 9.17) is 11.5 Å².